The molecule has 4 N–H and O–H groups in total. The second kappa shape index (κ2) is 11.9. The molecule has 2 amide bonds. The smallest absolute Gasteiger partial charge is 0.230 e. The van der Waals surface area contributed by atoms with E-state index in [0.29, 0.717) is 33.4 Å². The van der Waals surface area contributed by atoms with Gasteiger partial charge in [0.2, 0.25) is 32.3 Å². The Labute approximate surface area is 222 Å². The van der Waals surface area contributed by atoms with Gasteiger partial charge < -0.3 is 21.3 Å². The average Bonchev–Trinajstić information content (AvgIpc) is 3.63. The Balaban J connectivity index is 1.05. The molecule has 0 aliphatic heterocycles. The molecular formula is C25H26N8O2S2. The van der Waals surface area contributed by atoms with Crippen LogP contribution < -0.4 is 21.3 Å². The number of benzene rings is 2. The van der Waals surface area contributed by atoms with Crippen LogP contribution in [0.3, 0.4) is 0 Å². The minimum absolute atomic E-state index is 0.119. The summed E-state index contributed by atoms with van der Waals surface area (Å²) < 4.78 is 0. The Morgan fingerprint density at radius 2 is 1.05 bits per heavy atom. The minimum Gasteiger partial charge on any atom is -0.357 e. The minimum atomic E-state index is -0.119. The Morgan fingerprint density at radius 3 is 1.49 bits per heavy atom. The summed E-state index contributed by atoms with van der Waals surface area (Å²) in [5, 5.41) is 31.3. The highest BCUT2D eigenvalue weighted by molar-refractivity contribution is 7.19. The fourth-order valence-electron chi connectivity index (χ4n) is 4.15. The molecule has 1 aliphatic rings. The topological polar surface area (TPSA) is 134 Å². The quantitative estimate of drug-likeness (QED) is 0.238. The highest BCUT2D eigenvalue weighted by Gasteiger charge is 2.26. The predicted octanol–water partition coefficient (Wildman–Crippen LogP) is 4.20. The van der Waals surface area contributed by atoms with Gasteiger partial charge in [-0.05, 0) is 30.4 Å². The molecule has 2 heterocycles. The van der Waals surface area contributed by atoms with Crippen LogP contribution in [0.15, 0.2) is 60.7 Å². The van der Waals surface area contributed by atoms with Crippen LogP contribution in [0.1, 0.15) is 30.4 Å². The second-order valence-electron chi connectivity index (χ2n) is 8.74. The number of hydrogen-bond acceptors (Lipinski definition) is 10. The van der Waals surface area contributed by atoms with Crippen LogP contribution in [0.25, 0.3) is 0 Å². The van der Waals surface area contributed by atoms with Crippen molar-refractivity contribution in [2.75, 3.05) is 21.3 Å². The maximum Gasteiger partial charge on any atom is 0.230 e. The zero-order chi connectivity index (χ0) is 25.5. The predicted molar refractivity (Wildman–Crippen MR) is 146 cm³/mol. The van der Waals surface area contributed by atoms with Gasteiger partial charge >= 0.3 is 0 Å². The third kappa shape index (κ3) is 7.30. The summed E-state index contributed by atoms with van der Waals surface area (Å²) in [4.78, 5) is 24.5. The third-order valence-corrected chi connectivity index (χ3v) is 7.39. The molecular weight excluding hydrogens is 508 g/mol. The van der Waals surface area contributed by atoms with Crippen molar-refractivity contribution in [3.8, 4) is 0 Å². The first kappa shape index (κ1) is 24.8. The van der Waals surface area contributed by atoms with Gasteiger partial charge in [0.15, 0.2) is 0 Å². The zero-order valence-electron chi connectivity index (χ0n) is 19.9. The van der Waals surface area contributed by atoms with E-state index < -0.39 is 0 Å². The lowest BCUT2D eigenvalue weighted by Gasteiger charge is -2.12. The summed E-state index contributed by atoms with van der Waals surface area (Å²) >= 11 is 2.65. The van der Waals surface area contributed by atoms with E-state index in [-0.39, 0.29) is 23.9 Å². The molecule has 10 nitrogen and oxygen atoms in total. The van der Waals surface area contributed by atoms with Crippen LogP contribution in [0.5, 0.6) is 0 Å². The first-order valence-corrected chi connectivity index (χ1v) is 13.6. The van der Waals surface area contributed by atoms with Gasteiger partial charge in [-0.25, -0.2) is 0 Å². The molecule has 2 atom stereocenters. The first-order chi connectivity index (χ1) is 18.1. The molecule has 37 heavy (non-hydrogen) atoms. The lowest BCUT2D eigenvalue weighted by atomic mass is 10.1. The summed E-state index contributed by atoms with van der Waals surface area (Å²) in [6.45, 7) is 0. The molecule has 4 aromatic rings. The van der Waals surface area contributed by atoms with Crippen molar-refractivity contribution < 1.29 is 9.59 Å². The highest BCUT2D eigenvalue weighted by atomic mass is 32.1. The van der Waals surface area contributed by atoms with Gasteiger partial charge in [0.25, 0.3) is 0 Å². The summed E-state index contributed by atoms with van der Waals surface area (Å²) in [7, 11) is 0. The molecule has 1 aliphatic carbocycles. The van der Waals surface area contributed by atoms with Crippen LogP contribution in [-0.2, 0) is 22.4 Å². The molecule has 1 saturated carbocycles. The first-order valence-electron chi connectivity index (χ1n) is 12.0. The van der Waals surface area contributed by atoms with Gasteiger partial charge in [-0.1, -0.05) is 83.3 Å². The highest BCUT2D eigenvalue weighted by Crippen LogP contribution is 2.30. The van der Waals surface area contributed by atoms with Crippen molar-refractivity contribution in [2.24, 2.45) is 0 Å². The van der Waals surface area contributed by atoms with Crippen LogP contribution in [0.2, 0.25) is 0 Å². The summed E-state index contributed by atoms with van der Waals surface area (Å²) in [5.74, 6) is -0.238. The fourth-order valence-corrected chi connectivity index (χ4v) is 5.62. The van der Waals surface area contributed by atoms with E-state index in [9.17, 15) is 9.59 Å². The van der Waals surface area contributed by atoms with Gasteiger partial charge in [-0.2, -0.15) is 0 Å². The Bertz CT molecular complexity index is 1230. The Morgan fingerprint density at radius 1 is 0.649 bits per heavy atom. The second-order valence-corrected chi connectivity index (χ2v) is 10.7. The van der Waals surface area contributed by atoms with Crippen molar-refractivity contribution in [3.63, 3.8) is 0 Å². The van der Waals surface area contributed by atoms with Crippen molar-refractivity contribution in [1.29, 1.82) is 0 Å². The van der Waals surface area contributed by atoms with E-state index in [2.05, 4.69) is 41.7 Å². The normalized spacial score (nSPS) is 16.8. The molecule has 0 bridgehead atoms. The van der Waals surface area contributed by atoms with E-state index >= 15 is 0 Å². The van der Waals surface area contributed by atoms with Gasteiger partial charge in [0.05, 0.1) is 12.8 Å². The van der Waals surface area contributed by atoms with Crippen LogP contribution >= 0.6 is 22.7 Å². The molecule has 1 fully saturated rings. The number of amides is 2. The lowest BCUT2D eigenvalue weighted by molar-refractivity contribution is -0.116. The van der Waals surface area contributed by atoms with Crippen molar-refractivity contribution in [2.45, 2.75) is 44.2 Å². The van der Waals surface area contributed by atoms with Gasteiger partial charge in [0, 0.05) is 12.1 Å². The number of nitrogens with zero attached hydrogens (tertiary/aromatic N) is 4. The molecule has 0 spiro atoms. The number of carbonyl (C=O) groups is 2. The molecule has 0 radical (unpaired) electrons. The maximum absolute atomic E-state index is 12.3. The molecule has 5 rings (SSSR count). The van der Waals surface area contributed by atoms with E-state index in [1.165, 1.54) is 22.7 Å². The van der Waals surface area contributed by atoms with Gasteiger partial charge in [0.1, 0.15) is 0 Å². The van der Waals surface area contributed by atoms with Crippen LogP contribution in [0.4, 0.5) is 20.5 Å². The fraction of sp³-hybridized carbons (Fsp3) is 0.280. The van der Waals surface area contributed by atoms with Crippen molar-refractivity contribution in [3.05, 3.63) is 71.8 Å². The number of carbonyl (C=O) groups excluding carboxylic acids is 2. The Kier molecular flexibility index (Phi) is 7.96. The van der Waals surface area contributed by atoms with Gasteiger partial charge in [-0.3, -0.25) is 9.59 Å². The number of rotatable bonds is 10. The number of aromatic nitrogens is 4. The number of anilines is 4. The number of hydrogen-bond donors (Lipinski definition) is 4. The molecule has 2 aromatic heterocycles. The zero-order valence-corrected chi connectivity index (χ0v) is 21.5. The third-order valence-electron chi connectivity index (χ3n) is 5.85. The number of nitrogens with one attached hydrogen (secondary N) is 4. The van der Waals surface area contributed by atoms with Gasteiger partial charge in [-0.15, -0.1) is 20.4 Å². The van der Waals surface area contributed by atoms with Crippen molar-refractivity contribution >= 4 is 55.0 Å². The SMILES string of the molecule is O=C(Cc1ccccc1)Nc1nnc(N[C@H]2CC[C@H](Nc3nnc(NC(=O)Cc4ccccc4)s3)C2)s1. The molecule has 0 saturated heterocycles. The summed E-state index contributed by atoms with van der Waals surface area (Å²) in [6.07, 6.45) is 3.40. The largest absolute Gasteiger partial charge is 0.357 e. The molecule has 2 aromatic carbocycles. The molecule has 0 unspecified atom stereocenters. The monoisotopic (exact) mass is 534 g/mol. The van der Waals surface area contributed by atoms with E-state index in [4.69, 9.17) is 0 Å². The van der Waals surface area contributed by atoms with E-state index in [0.717, 1.165) is 30.4 Å². The summed E-state index contributed by atoms with van der Waals surface area (Å²) in [5.41, 5.74) is 1.90. The maximum atomic E-state index is 12.3. The standard InChI is InChI=1S/C25H26N8O2S2/c34-20(13-16-7-3-1-4-8-16)28-24-32-30-22(36-24)26-18-11-12-19(15-18)27-23-31-33-25(37-23)29-21(35)14-17-9-5-2-6-10-17/h1-10,18-19H,11-15H2,(H,26,30)(H,27,31)(H,28,32,34)(H,29,33,35)/t18-,19-/m0/s1. The van der Waals surface area contributed by atoms with E-state index in [1.807, 2.05) is 60.7 Å². The summed E-state index contributed by atoms with van der Waals surface area (Å²) in [6, 6.07) is 19.6. The van der Waals surface area contributed by atoms with Crippen molar-refractivity contribution in [1.82, 2.24) is 20.4 Å². The molecule has 190 valence electrons. The Hall–Kier alpha value is -3.90. The lowest BCUT2D eigenvalue weighted by Crippen LogP contribution is -2.20. The molecule has 12 heteroatoms. The van der Waals surface area contributed by atoms with E-state index in [1.54, 1.807) is 0 Å². The van der Waals surface area contributed by atoms with Crippen LogP contribution in [0, 0.1) is 0 Å². The van der Waals surface area contributed by atoms with Crippen LogP contribution in [-0.4, -0.2) is 44.3 Å². The average molecular weight is 535 g/mol.